The van der Waals surface area contributed by atoms with Crippen LogP contribution in [0.4, 0.5) is 49.6 Å². The zero-order chi connectivity index (χ0) is 20.7. The molecule has 2 aromatic rings. The zero-order valence-electron chi connectivity index (χ0n) is 12.5. The molecule has 0 bridgehead atoms. The lowest BCUT2D eigenvalue weighted by molar-refractivity contribution is -0.143. The Kier molecular flexibility index (Phi) is 5.12. The second kappa shape index (κ2) is 6.74. The maximum Gasteiger partial charge on any atom is 0.422 e. The van der Waals surface area contributed by atoms with E-state index in [1.54, 1.807) is 0 Å². The number of halogens is 10. The highest BCUT2D eigenvalue weighted by Crippen LogP contribution is 2.38. The second-order valence-electron chi connectivity index (χ2n) is 5.03. The summed E-state index contributed by atoms with van der Waals surface area (Å²) in [6, 6.07) is 2.06. The molecule has 0 spiro atoms. The summed E-state index contributed by atoms with van der Waals surface area (Å²) in [7, 11) is 0. The minimum Gasteiger partial charge on any atom is -0.317 e. The monoisotopic (exact) mass is 405 g/mol. The van der Waals surface area contributed by atoms with Crippen LogP contribution in [0.5, 0.6) is 0 Å². The Balaban J connectivity index is 2.42. The van der Waals surface area contributed by atoms with Crippen molar-refractivity contribution in [3.8, 4) is 0 Å². The molecule has 1 N–H and O–H groups in total. The minimum atomic E-state index is -5.76. The first-order chi connectivity index (χ1) is 12.2. The van der Waals surface area contributed by atoms with Crippen molar-refractivity contribution in [1.82, 2.24) is 0 Å². The Morgan fingerprint density at radius 3 is 1.52 bits per heavy atom. The van der Waals surface area contributed by atoms with Crippen LogP contribution < -0.4 is 5.32 Å². The molecule has 0 aliphatic rings. The van der Waals surface area contributed by atoms with Crippen molar-refractivity contribution in [3.05, 3.63) is 64.2 Å². The number of hydrogen-bond acceptors (Lipinski definition) is 1. The van der Waals surface area contributed by atoms with Gasteiger partial charge in [0.25, 0.3) is 5.91 Å². The zero-order valence-corrected chi connectivity index (χ0v) is 12.5. The summed E-state index contributed by atoms with van der Waals surface area (Å²) in [5.74, 6) is -12.1. The fourth-order valence-corrected chi connectivity index (χ4v) is 1.99. The van der Waals surface area contributed by atoms with Gasteiger partial charge in [0.2, 0.25) is 0 Å². The van der Waals surface area contributed by atoms with E-state index in [1.165, 1.54) is 5.32 Å². The van der Waals surface area contributed by atoms with E-state index in [0.29, 0.717) is 24.3 Å². The van der Waals surface area contributed by atoms with Crippen molar-refractivity contribution in [3.63, 3.8) is 0 Å². The summed E-state index contributed by atoms with van der Waals surface area (Å²) < 4.78 is 129. The summed E-state index contributed by atoms with van der Waals surface area (Å²) in [4.78, 5) is 11.8. The number of nitrogens with one attached hydrogen (secondary N) is 1. The molecule has 2 nitrogen and oxygen atoms in total. The topological polar surface area (TPSA) is 29.1 Å². The highest BCUT2D eigenvalue weighted by atomic mass is 19.4. The molecular formula is C15H5F10NO. The lowest BCUT2D eigenvalue weighted by Crippen LogP contribution is -2.20. The first-order valence-electron chi connectivity index (χ1n) is 6.67. The second-order valence-corrected chi connectivity index (χ2v) is 5.03. The van der Waals surface area contributed by atoms with Crippen molar-refractivity contribution in [1.29, 1.82) is 0 Å². The van der Waals surface area contributed by atoms with Crippen LogP contribution in [0.1, 0.15) is 21.5 Å². The number of carbonyl (C=O) groups is 1. The van der Waals surface area contributed by atoms with Gasteiger partial charge in [0.05, 0.1) is 5.56 Å². The average molecular weight is 405 g/mol. The highest BCUT2D eigenvalue weighted by molar-refractivity contribution is 6.04. The van der Waals surface area contributed by atoms with E-state index in [1.807, 2.05) is 0 Å². The number of benzene rings is 2. The van der Waals surface area contributed by atoms with Gasteiger partial charge in [-0.05, 0) is 24.3 Å². The van der Waals surface area contributed by atoms with Crippen molar-refractivity contribution in [2.24, 2.45) is 0 Å². The maximum absolute atomic E-state index is 13.7. The third kappa shape index (κ3) is 3.98. The van der Waals surface area contributed by atoms with E-state index in [-0.39, 0.29) is 0 Å². The van der Waals surface area contributed by atoms with E-state index < -0.39 is 63.9 Å². The minimum absolute atomic E-state index is 0.440. The van der Waals surface area contributed by atoms with E-state index in [9.17, 15) is 48.7 Å². The molecule has 12 heteroatoms. The number of carbonyl (C=O) groups excluding carboxylic acids is 1. The van der Waals surface area contributed by atoms with Gasteiger partial charge in [-0.15, -0.1) is 0 Å². The SMILES string of the molecule is O=C(Nc1c(F)c(F)c(C(F)(F)F)c(F)c1F)c1ccc(C(F)(F)F)cc1. The van der Waals surface area contributed by atoms with E-state index >= 15 is 0 Å². The lowest BCUT2D eigenvalue weighted by atomic mass is 10.1. The molecule has 27 heavy (non-hydrogen) atoms. The van der Waals surface area contributed by atoms with Crippen LogP contribution in [-0.4, -0.2) is 5.91 Å². The molecule has 146 valence electrons. The normalized spacial score (nSPS) is 12.2. The quantitative estimate of drug-likeness (QED) is 0.517. The van der Waals surface area contributed by atoms with Crippen molar-refractivity contribution in [2.75, 3.05) is 5.32 Å². The highest BCUT2D eigenvalue weighted by Gasteiger charge is 2.42. The molecule has 0 aromatic heterocycles. The van der Waals surface area contributed by atoms with Gasteiger partial charge in [-0.2, -0.15) is 26.3 Å². The van der Waals surface area contributed by atoms with Crippen molar-refractivity contribution >= 4 is 11.6 Å². The first-order valence-corrected chi connectivity index (χ1v) is 6.67. The largest absolute Gasteiger partial charge is 0.422 e. The predicted molar refractivity (Wildman–Crippen MR) is 70.7 cm³/mol. The average Bonchev–Trinajstić information content (AvgIpc) is 2.55. The van der Waals surface area contributed by atoms with Gasteiger partial charge < -0.3 is 5.32 Å². The molecule has 0 heterocycles. The summed E-state index contributed by atoms with van der Waals surface area (Å²) in [6.07, 6.45) is -10.5. The van der Waals surface area contributed by atoms with Gasteiger partial charge in [-0.25, -0.2) is 17.6 Å². The molecule has 0 radical (unpaired) electrons. The number of amides is 1. The third-order valence-electron chi connectivity index (χ3n) is 3.26. The standard InChI is InChI=1S/C15H5F10NO/c16-8-7(15(23,24)25)9(17)11(19)12(10(8)18)26-13(27)5-1-3-6(4-2-5)14(20,21)22/h1-4H,(H,26,27). The molecule has 0 fully saturated rings. The fourth-order valence-electron chi connectivity index (χ4n) is 1.99. The van der Waals surface area contributed by atoms with Gasteiger partial charge in [0.15, 0.2) is 23.3 Å². The van der Waals surface area contributed by atoms with Crippen LogP contribution >= 0.6 is 0 Å². The van der Waals surface area contributed by atoms with Gasteiger partial charge in [-0.3, -0.25) is 4.79 Å². The summed E-state index contributed by atoms with van der Waals surface area (Å²) >= 11 is 0. The smallest absolute Gasteiger partial charge is 0.317 e. The molecule has 1 amide bonds. The van der Waals surface area contributed by atoms with Gasteiger partial charge in [0, 0.05) is 5.56 Å². The van der Waals surface area contributed by atoms with Crippen molar-refractivity contribution in [2.45, 2.75) is 12.4 Å². The molecule has 0 atom stereocenters. The van der Waals surface area contributed by atoms with Crippen LogP contribution in [-0.2, 0) is 12.4 Å². The lowest BCUT2D eigenvalue weighted by Gasteiger charge is -2.14. The summed E-state index contributed by atoms with van der Waals surface area (Å²) in [5, 5.41) is 1.30. The number of anilines is 1. The van der Waals surface area contributed by atoms with Gasteiger partial charge in [0.1, 0.15) is 11.3 Å². The predicted octanol–water partition coefficient (Wildman–Crippen LogP) is 5.53. The molecular weight excluding hydrogens is 400 g/mol. The van der Waals surface area contributed by atoms with Crippen LogP contribution in [0, 0.1) is 23.3 Å². The molecule has 2 rings (SSSR count). The van der Waals surface area contributed by atoms with Crippen LogP contribution in [0.3, 0.4) is 0 Å². The Labute approximate surface area is 143 Å². The Hall–Kier alpha value is -2.79. The third-order valence-corrected chi connectivity index (χ3v) is 3.26. The molecule has 0 unspecified atom stereocenters. The molecule has 2 aromatic carbocycles. The van der Waals surface area contributed by atoms with Crippen LogP contribution in [0.2, 0.25) is 0 Å². The number of rotatable bonds is 2. The summed E-state index contributed by atoms with van der Waals surface area (Å²) in [6.45, 7) is 0. The van der Waals surface area contributed by atoms with Crippen LogP contribution in [0.15, 0.2) is 24.3 Å². The van der Waals surface area contributed by atoms with E-state index in [2.05, 4.69) is 0 Å². The van der Waals surface area contributed by atoms with Crippen molar-refractivity contribution < 1.29 is 48.7 Å². The van der Waals surface area contributed by atoms with Gasteiger partial charge >= 0.3 is 12.4 Å². The Morgan fingerprint density at radius 2 is 1.15 bits per heavy atom. The molecule has 0 saturated carbocycles. The molecule has 0 saturated heterocycles. The summed E-state index contributed by atoms with van der Waals surface area (Å²) in [5.41, 5.74) is -6.46. The molecule has 0 aliphatic carbocycles. The van der Waals surface area contributed by atoms with E-state index in [4.69, 9.17) is 0 Å². The fraction of sp³-hybridized carbons (Fsp3) is 0.133. The Bertz CT molecular complexity index is 854. The number of alkyl halides is 6. The maximum atomic E-state index is 13.7. The van der Waals surface area contributed by atoms with E-state index in [0.717, 1.165) is 0 Å². The van der Waals surface area contributed by atoms with Crippen LogP contribution in [0.25, 0.3) is 0 Å². The first kappa shape index (κ1) is 20.5. The Morgan fingerprint density at radius 1 is 0.704 bits per heavy atom. The number of hydrogen-bond donors (Lipinski definition) is 1. The molecule has 0 aliphatic heterocycles. The van der Waals surface area contributed by atoms with Gasteiger partial charge in [-0.1, -0.05) is 0 Å².